The Kier molecular flexibility index (Phi) is 8.15. The summed E-state index contributed by atoms with van der Waals surface area (Å²) in [7, 11) is 1.57. The SMILES string of the molecule is COCC(CO)NCC(O)COCc1cccs1. The van der Waals surface area contributed by atoms with Crippen LogP contribution in [-0.4, -0.2) is 55.8 Å². The van der Waals surface area contributed by atoms with Gasteiger partial charge < -0.3 is 25.0 Å². The first-order chi connectivity index (χ1) is 8.76. The number of hydrogen-bond donors (Lipinski definition) is 3. The highest BCUT2D eigenvalue weighted by atomic mass is 32.1. The first-order valence-electron chi connectivity index (χ1n) is 5.87. The smallest absolute Gasteiger partial charge is 0.0897 e. The van der Waals surface area contributed by atoms with E-state index >= 15 is 0 Å². The van der Waals surface area contributed by atoms with Crippen molar-refractivity contribution in [2.75, 3.05) is 33.5 Å². The summed E-state index contributed by atoms with van der Waals surface area (Å²) in [5.74, 6) is 0. The van der Waals surface area contributed by atoms with Gasteiger partial charge in [0.1, 0.15) is 0 Å². The summed E-state index contributed by atoms with van der Waals surface area (Å²) in [6.07, 6.45) is -0.587. The molecule has 0 fully saturated rings. The van der Waals surface area contributed by atoms with Crippen molar-refractivity contribution >= 4 is 11.3 Å². The normalized spacial score (nSPS) is 14.6. The standard InChI is InChI=1S/C12H21NO4S/c1-16-7-10(6-14)13-5-11(15)8-17-9-12-3-2-4-18-12/h2-4,10-11,13-15H,5-9H2,1H3. The van der Waals surface area contributed by atoms with Crippen molar-refractivity contribution in [3.63, 3.8) is 0 Å². The van der Waals surface area contributed by atoms with E-state index in [4.69, 9.17) is 14.6 Å². The zero-order valence-corrected chi connectivity index (χ0v) is 11.4. The number of ether oxygens (including phenoxy) is 2. The fourth-order valence-corrected chi connectivity index (χ4v) is 2.07. The first kappa shape index (κ1) is 15.6. The molecule has 0 saturated heterocycles. The molecule has 104 valence electrons. The maximum atomic E-state index is 9.68. The molecule has 0 aliphatic heterocycles. The van der Waals surface area contributed by atoms with E-state index in [2.05, 4.69) is 5.32 Å². The topological polar surface area (TPSA) is 71.0 Å². The molecule has 2 atom stereocenters. The van der Waals surface area contributed by atoms with Crippen LogP contribution in [0.5, 0.6) is 0 Å². The zero-order chi connectivity index (χ0) is 13.2. The van der Waals surface area contributed by atoms with Gasteiger partial charge >= 0.3 is 0 Å². The maximum absolute atomic E-state index is 9.68. The summed E-state index contributed by atoms with van der Waals surface area (Å²) in [5.41, 5.74) is 0. The lowest BCUT2D eigenvalue weighted by Gasteiger charge is -2.18. The molecular formula is C12H21NO4S. The fourth-order valence-electron chi connectivity index (χ4n) is 1.43. The summed E-state index contributed by atoms with van der Waals surface area (Å²) in [6.45, 7) is 1.57. The van der Waals surface area contributed by atoms with Crippen LogP contribution in [0.25, 0.3) is 0 Å². The van der Waals surface area contributed by atoms with Gasteiger partial charge in [-0.15, -0.1) is 11.3 Å². The maximum Gasteiger partial charge on any atom is 0.0897 e. The van der Waals surface area contributed by atoms with Crippen LogP contribution < -0.4 is 5.32 Å². The fraction of sp³-hybridized carbons (Fsp3) is 0.667. The third kappa shape index (κ3) is 6.44. The number of methoxy groups -OCH3 is 1. The molecule has 1 rings (SSSR count). The van der Waals surface area contributed by atoms with E-state index < -0.39 is 6.10 Å². The van der Waals surface area contributed by atoms with Crippen LogP contribution in [0.3, 0.4) is 0 Å². The molecule has 1 heterocycles. The Hall–Kier alpha value is -0.500. The molecule has 0 aliphatic rings. The van der Waals surface area contributed by atoms with Crippen molar-refractivity contribution in [2.45, 2.75) is 18.8 Å². The number of thiophene rings is 1. The molecule has 0 radical (unpaired) electrons. The second-order valence-corrected chi connectivity index (χ2v) is 5.02. The minimum absolute atomic E-state index is 0.0172. The van der Waals surface area contributed by atoms with E-state index in [1.165, 1.54) is 0 Å². The van der Waals surface area contributed by atoms with E-state index in [1.54, 1.807) is 18.4 Å². The van der Waals surface area contributed by atoms with Crippen LogP contribution in [-0.2, 0) is 16.1 Å². The molecule has 3 N–H and O–H groups in total. The van der Waals surface area contributed by atoms with Gasteiger partial charge in [0.25, 0.3) is 0 Å². The Labute approximate surface area is 111 Å². The summed E-state index contributed by atoms with van der Waals surface area (Å²) in [6, 6.07) is 3.81. The summed E-state index contributed by atoms with van der Waals surface area (Å²) in [4.78, 5) is 1.14. The van der Waals surface area contributed by atoms with Crippen LogP contribution in [0.2, 0.25) is 0 Å². The lowest BCUT2D eigenvalue weighted by Crippen LogP contribution is -2.42. The molecule has 2 unspecified atom stereocenters. The van der Waals surface area contributed by atoms with Gasteiger partial charge in [0.15, 0.2) is 0 Å². The van der Waals surface area contributed by atoms with Crippen LogP contribution in [0, 0.1) is 0 Å². The Morgan fingerprint density at radius 1 is 1.44 bits per heavy atom. The predicted molar refractivity (Wildman–Crippen MR) is 70.7 cm³/mol. The minimum Gasteiger partial charge on any atom is -0.395 e. The number of aliphatic hydroxyl groups is 2. The molecule has 1 aromatic heterocycles. The van der Waals surface area contributed by atoms with Crippen molar-refractivity contribution in [1.82, 2.24) is 5.32 Å². The second kappa shape index (κ2) is 9.43. The molecular weight excluding hydrogens is 254 g/mol. The molecule has 5 nitrogen and oxygen atoms in total. The Bertz CT molecular complexity index is 294. The first-order valence-corrected chi connectivity index (χ1v) is 6.75. The highest BCUT2D eigenvalue weighted by Gasteiger charge is 2.10. The van der Waals surface area contributed by atoms with Crippen molar-refractivity contribution in [3.05, 3.63) is 22.4 Å². The van der Waals surface area contributed by atoms with Crippen molar-refractivity contribution in [2.24, 2.45) is 0 Å². The van der Waals surface area contributed by atoms with Crippen molar-refractivity contribution < 1.29 is 19.7 Å². The average Bonchev–Trinajstić information content (AvgIpc) is 2.87. The Morgan fingerprint density at radius 2 is 2.28 bits per heavy atom. The summed E-state index contributed by atoms with van der Waals surface area (Å²) < 4.78 is 10.3. The molecule has 0 aliphatic carbocycles. The largest absolute Gasteiger partial charge is 0.395 e. The monoisotopic (exact) mass is 275 g/mol. The minimum atomic E-state index is -0.587. The van der Waals surface area contributed by atoms with Crippen LogP contribution in [0.1, 0.15) is 4.88 Å². The molecule has 1 aromatic rings. The number of aliphatic hydroxyl groups excluding tert-OH is 2. The molecule has 6 heteroatoms. The lowest BCUT2D eigenvalue weighted by molar-refractivity contribution is 0.0250. The van der Waals surface area contributed by atoms with Crippen LogP contribution >= 0.6 is 11.3 Å². The molecule has 0 bridgehead atoms. The van der Waals surface area contributed by atoms with Gasteiger partial charge in [0, 0.05) is 18.5 Å². The van der Waals surface area contributed by atoms with E-state index in [0.29, 0.717) is 19.8 Å². The van der Waals surface area contributed by atoms with Gasteiger partial charge in [-0.3, -0.25) is 0 Å². The van der Waals surface area contributed by atoms with Gasteiger partial charge in [0.2, 0.25) is 0 Å². The third-order valence-corrected chi connectivity index (χ3v) is 3.21. The summed E-state index contributed by atoms with van der Waals surface area (Å²) in [5, 5.41) is 23.7. The Morgan fingerprint density at radius 3 is 2.89 bits per heavy atom. The van der Waals surface area contributed by atoms with Crippen molar-refractivity contribution in [3.8, 4) is 0 Å². The zero-order valence-electron chi connectivity index (χ0n) is 10.5. The van der Waals surface area contributed by atoms with Gasteiger partial charge in [0.05, 0.1) is 38.6 Å². The second-order valence-electron chi connectivity index (χ2n) is 3.99. The molecule has 0 aromatic carbocycles. The quantitative estimate of drug-likeness (QED) is 0.570. The predicted octanol–water partition coefficient (Wildman–Crippen LogP) is 0.223. The lowest BCUT2D eigenvalue weighted by atomic mass is 10.3. The third-order valence-electron chi connectivity index (χ3n) is 2.37. The van der Waals surface area contributed by atoms with Gasteiger partial charge in [-0.25, -0.2) is 0 Å². The molecule has 18 heavy (non-hydrogen) atoms. The summed E-state index contributed by atoms with van der Waals surface area (Å²) >= 11 is 1.63. The van der Waals surface area contributed by atoms with E-state index in [9.17, 15) is 5.11 Å². The van der Waals surface area contributed by atoms with E-state index in [1.807, 2.05) is 17.5 Å². The molecule has 0 saturated carbocycles. The number of nitrogens with one attached hydrogen (secondary N) is 1. The molecule has 0 spiro atoms. The van der Waals surface area contributed by atoms with Gasteiger partial charge in [-0.1, -0.05) is 6.07 Å². The van der Waals surface area contributed by atoms with Gasteiger partial charge in [-0.2, -0.15) is 0 Å². The number of rotatable bonds is 10. The average molecular weight is 275 g/mol. The van der Waals surface area contributed by atoms with Crippen molar-refractivity contribution in [1.29, 1.82) is 0 Å². The highest BCUT2D eigenvalue weighted by molar-refractivity contribution is 7.09. The highest BCUT2D eigenvalue weighted by Crippen LogP contribution is 2.09. The molecule has 0 amide bonds. The Balaban J connectivity index is 2.07. The van der Waals surface area contributed by atoms with E-state index in [-0.39, 0.29) is 19.3 Å². The van der Waals surface area contributed by atoms with E-state index in [0.717, 1.165) is 4.88 Å². The van der Waals surface area contributed by atoms with Crippen LogP contribution in [0.4, 0.5) is 0 Å². The van der Waals surface area contributed by atoms with Crippen LogP contribution in [0.15, 0.2) is 17.5 Å². The number of hydrogen-bond acceptors (Lipinski definition) is 6. The van der Waals surface area contributed by atoms with Gasteiger partial charge in [-0.05, 0) is 11.4 Å².